The van der Waals surface area contributed by atoms with Gasteiger partial charge in [0.1, 0.15) is 29.0 Å². The minimum absolute atomic E-state index is 0.0570. The average Bonchev–Trinajstić information content (AvgIpc) is 3.46. The van der Waals surface area contributed by atoms with E-state index in [0.29, 0.717) is 16.7 Å². The van der Waals surface area contributed by atoms with Gasteiger partial charge in [-0.25, -0.2) is 9.59 Å². The number of fused-ring (bicyclic) bond motifs is 3. The van der Waals surface area contributed by atoms with Gasteiger partial charge in [-0.15, -0.1) is 0 Å². The molecule has 0 bridgehead atoms. The lowest BCUT2D eigenvalue weighted by atomic mass is 10.0. The Kier molecular flexibility index (Phi) is 7.40. The van der Waals surface area contributed by atoms with E-state index < -0.39 is 35.5 Å². The number of carbonyl (C=O) groups is 3. The number of nitrogens with one attached hydrogen (secondary N) is 3. The van der Waals surface area contributed by atoms with Crippen LogP contribution in [0.2, 0.25) is 0 Å². The molecule has 1 unspecified atom stereocenters. The Hall–Kier alpha value is -4.86. The Morgan fingerprint density at radius 2 is 1.66 bits per heavy atom. The molecule has 41 heavy (non-hydrogen) atoms. The molecule has 3 aromatic heterocycles. The highest BCUT2D eigenvalue weighted by molar-refractivity contribution is 5.97. The Morgan fingerprint density at radius 1 is 0.951 bits per heavy atom. The average molecular weight is 558 g/mol. The van der Waals surface area contributed by atoms with Crippen LogP contribution < -0.4 is 16.3 Å². The van der Waals surface area contributed by atoms with Crippen molar-refractivity contribution in [2.24, 2.45) is 0 Å². The molecule has 0 aliphatic rings. The van der Waals surface area contributed by atoms with Crippen molar-refractivity contribution in [3.05, 3.63) is 81.0 Å². The minimum Gasteiger partial charge on any atom is -0.480 e. The number of hydrogen-bond acceptors (Lipinski definition) is 6. The molecule has 4 N–H and O–H groups in total. The summed E-state index contributed by atoms with van der Waals surface area (Å²) < 4.78 is 11.3. The lowest BCUT2D eigenvalue weighted by Crippen LogP contribution is -2.51. The van der Waals surface area contributed by atoms with Crippen molar-refractivity contribution in [3.63, 3.8) is 0 Å². The normalized spacial score (nSPS) is 13.0. The number of para-hydroxylation sites is 1. The third kappa shape index (κ3) is 5.45. The fourth-order valence-electron chi connectivity index (χ4n) is 5.15. The van der Waals surface area contributed by atoms with E-state index in [-0.39, 0.29) is 19.3 Å². The molecular formula is C31H31N3O7. The van der Waals surface area contributed by atoms with Gasteiger partial charge in [-0.1, -0.05) is 18.2 Å². The molecule has 0 aliphatic heterocycles. The van der Waals surface area contributed by atoms with Crippen LogP contribution in [-0.4, -0.2) is 40.0 Å². The van der Waals surface area contributed by atoms with Gasteiger partial charge in [0.15, 0.2) is 0 Å². The molecule has 0 spiro atoms. The Labute approximate surface area is 234 Å². The summed E-state index contributed by atoms with van der Waals surface area (Å²) in [6, 6.07) is 8.96. The molecule has 5 rings (SSSR count). The van der Waals surface area contributed by atoms with E-state index in [4.69, 9.17) is 8.83 Å². The molecule has 2 amide bonds. The summed E-state index contributed by atoms with van der Waals surface area (Å²) in [7, 11) is 0. The predicted octanol–water partition coefficient (Wildman–Crippen LogP) is 4.20. The summed E-state index contributed by atoms with van der Waals surface area (Å²) in [6.45, 7) is 7.13. The second-order valence-corrected chi connectivity index (χ2v) is 10.4. The summed E-state index contributed by atoms with van der Waals surface area (Å²) >= 11 is 0. The molecule has 0 saturated carbocycles. The molecule has 5 aromatic rings. The third-order valence-electron chi connectivity index (χ3n) is 7.67. The van der Waals surface area contributed by atoms with E-state index in [2.05, 4.69) is 15.6 Å². The first-order valence-electron chi connectivity index (χ1n) is 13.4. The number of carboxylic acids is 1. The second-order valence-electron chi connectivity index (χ2n) is 10.4. The maximum atomic E-state index is 12.8. The molecule has 0 radical (unpaired) electrons. The van der Waals surface area contributed by atoms with E-state index in [1.54, 1.807) is 12.3 Å². The zero-order valence-corrected chi connectivity index (χ0v) is 23.2. The summed E-state index contributed by atoms with van der Waals surface area (Å²) in [4.78, 5) is 53.2. The molecule has 212 valence electrons. The molecule has 10 nitrogen and oxygen atoms in total. The fraction of sp³-hybridized carbons (Fsp3) is 0.290. The highest BCUT2D eigenvalue weighted by Gasteiger charge is 2.25. The molecule has 10 heteroatoms. The topological polar surface area (TPSA) is 155 Å². The number of amides is 2. The van der Waals surface area contributed by atoms with Gasteiger partial charge < -0.3 is 29.6 Å². The van der Waals surface area contributed by atoms with Crippen molar-refractivity contribution in [2.45, 2.75) is 59.0 Å². The number of carboxylic acid groups (broad SMARTS) is 1. The van der Waals surface area contributed by atoms with Gasteiger partial charge in [0.05, 0.1) is 0 Å². The summed E-state index contributed by atoms with van der Waals surface area (Å²) in [6.07, 6.45) is 1.86. The minimum atomic E-state index is -1.18. The van der Waals surface area contributed by atoms with Crippen molar-refractivity contribution < 1.29 is 28.3 Å². The van der Waals surface area contributed by atoms with Crippen molar-refractivity contribution in [1.29, 1.82) is 0 Å². The van der Waals surface area contributed by atoms with Crippen LogP contribution in [0.3, 0.4) is 0 Å². The molecule has 0 aliphatic carbocycles. The van der Waals surface area contributed by atoms with Crippen LogP contribution in [0.15, 0.2) is 56.2 Å². The van der Waals surface area contributed by atoms with E-state index in [9.17, 15) is 24.3 Å². The summed E-state index contributed by atoms with van der Waals surface area (Å²) in [5.74, 6) is -1.47. The maximum absolute atomic E-state index is 12.8. The monoisotopic (exact) mass is 557 g/mol. The first-order chi connectivity index (χ1) is 19.5. The first kappa shape index (κ1) is 27.7. The quantitative estimate of drug-likeness (QED) is 0.198. The molecule has 3 heterocycles. The number of aryl methyl sites for hydroxylation is 3. The van der Waals surface area contributed by atoms with Gasteiger partial charge in [-0.3, -0.25) is 9.59 Å². The van der Waals surface area contributed by atoms with Crippen molar-refractivity contribution >= 4 is 50.6 Å². The number of carbonyl (C=O) groups excluding carboxylic acids is 2. The van der Waals surface area contributed by atoms with E-state index in [1.165, 1.54) is 6.92 Å². The van der Waals surface area contributed by atoms with E-state index in [1.807, 2.05) is 51.1 Å². The smallest absolute Gasteiger partial charge is 0.339 e. The van der Waals surface area contributed by atoms with Crippen LogP contribution in [-0.2, 0) is 27.2 Å². The van der Waals surface area contributed by atoms with Crippen LogP contribution in [0.1, 0.15) is 41.4 Å². The molecule has 2 atom stereocenters. The first-order valence-corrected chi connectivity index (χ1v) is 13.4. The third-order valence-corrected chi connectivity index (χ3v) is 7.67. The van der Waals surface area contributed by atoms with Crippen LogP contribution in [0.25, 0.3) is 32.8 Å². The number of aliphatic carboxylic acids is 1. The number of H-pyrrole nitrogens is 1. The molecular weight excluding hydrogens is 526 g/mol. The number of furan rings is 1. The number of benzene rings is 2. The van der Waals surface area contributed by atoms with Crippen molar-refractivity contribution in [2.75, 3.05) is 0 Å². The zero-order chi connectivity index (χ0) is 29.4. The van der Waals surface area contributed by atoms with Crippen LogP contribution in [0.5, 0.6) is 0 Å². The Bertz CT molecular complexity index is 1880. The lowest BCUT2D eigenvalue weighted by Gasteiger charge is -2.19. The van der Waals surface area contributed by atoms with Crippen LogP contribution in [0.4, 0.5) is 0 Å². The summed E-state index contributed by atoms with van der Waals surface area (Å²) in [5, 5.41) is 17.4. The fourth-order valence-corrected chi connectivity index (χ4v) is 5.15. The maximum Gasteiger partial charge on any atom is 0.339 e. The number of hydrogen-bond donors (Lipinski definition) is 4. The van der Waals surface area contributed by atoms with Gasteiger partial charge in [0, 0.05) is 52.3 Å². The highest BCUT2D eigenvalue weighted by atomic mass is 16.4. The molecule has 0 fully saturated rings. The number of aromatic nitrogens is 1. The van der Waals surface area contributed by atoms with Crippen molar-refractivity contribution in [1.82, 2.24) is 15.6 Å². The molecule has 2 aromatic carbocycles. The SMILES string of the molecule is Cc1oc2cc3oc(=O)c(CCC(=O)N[C@@H](C)C(=O)NC(Cc4c[nH]c5ccccc45)C(=O)O)c(C)c3cc2c1C. The zero-order valence-electron chi connectivity index (χ0n) is 23.2. The van der Waals surface area contributed by atoms with E-state index >= 15 is 0 Å². The van der Waals surface area contributed by atoms with Crippen molar-refractivity contribution in [3.8, 4) is 0 Å². The lowest BCUT2D eigenvalue weighted by molar-refractivity contribution is -0.142. The van der Waals surface area contributed by atoms with Crippen LogP contribution >= 0.6 is 0 Å². The van der Waals surface area contributed by atoms with Gasteiger partial charge in [-0.05, 0) is 62.9 Å². The standard InChI is InChI=1S/C31H31N3O7/c1-15-18(4)40-26-13-27-23(12-22(15)26)16(2)20(31(39)41-27)9-10-28(35)33-17(3)29(36)34-25(30(37)38)11-19-14-32-24-8-6-5-7-21(19)24/h5-8,12-14,17,25,32H,9-11H2,1-4H3,(H,33,35)(H,34,36)(H,37,38)/t17-,25?/m0/s1. The second kappa shape index (κ2) is 11.0. The van der Waals surface area contributed by atoms with E-state index in [0.717, 1.165) is 44.1 Å². The Balaban J connectivity index is 1.23. The molecule has 0 saturated heterocycles. The Morgan fingerprint density at radius 3 is 2.41 bits per heavy atom. The van der Waals surface area contributed by atoms with Crippen LogP contribution in [0, 0.1) is 20.8 Å². The van der Waals surface area contributed by atoms with Gasteiger partial charge in [-0.2, -0.15) is 0 Å². The summed E-state index contributed by atoms with van der Waals surface area (Å²) in [5.41, 5.74) is 4.25. The van der Waals surface area contributed by atoms with Gasteiger partial charge >= 0.3 is 11.6 Å². The van der Waals surface area contributed by atoms with Gasteiger partial charge in [0.2, 0.25) is 11.8 Å². The number of rotatable bonds is 9. The largest absolute Gasteiger partial charge is 0.480 e. The van der Waals surface area contributed by atoms with Gasteiger partial charge in [0.25, 0.3) is 0 Å². The highest BCUT2D eigenvalue weighted by Crippen LogP contribution is 2.31. The number of aromatic amines is 1. The predicted molar refractivity (Wildman–Crippen MR) is 154 cm³/mol.